The van der Waals surface area contributed by atoms with E-state index < -0.39 is 0 Å². The fourth-order valence-corrected chi connectivity index (χ4v) is 7.67. The number of hydrogen-bond donors (Lipinski definition) is 0. The molecule has 3 aromatic heterocycles. The third-order valence-electron chi connectivity index (χ3n) is 9.89. The highest BCUT2D eigenvalue weighted by Gasteiger charge is 2.21. The first-order chi connectivity index (χ1) is 24.8. The average Bonchev–Trinajstić information content (AvgIpc) is 3.72. The van der Waals surface area contributed by atoms with Crippen molar-refractivity contribution in [2.75, 3.05) is 0 Å². The van der Waals surface area contributed by atoms with Crippen molar-refractivity contribution in [3.63, 3.8) is 0 Å². The lowest BCUT2D eigenvalue weighted by atomic mass is 9.99. The minimum absolute atomic E-state index is 0.958. The Hall–Kier alpha value is -6.71. The summed E-state index contributed by atoms with van der Waals surface area (Å²) in [6.45, 7) is 0. The van der Waals surface area contributed by atoms with Crippen molar-refractivity contribution < 1.29 is 0 Å². The van der Waals surface area contributed by atoms with Crippen LogP contribution in [0.3, 0.4) is 0 Å². The Morgan fingerprint density at radius 1 is 0.320 bits per heavy atom. The smallest absolute Gasteiger partial charge is 0.0715 e. The molecule has 0 unspecified atom stereocenters. The molecule has 0 atom stereocenters. The fraction of sp³-hybridized carbons (Fsp3) is 0. The van der Waals surface area contributed by atoms with E-state index in [0.29, 0.717) is 0 Å². The lowest BCUT2D eigenvalue weighted by molar-refractivity contribution is 1.17. The summed E-state index contributed by atoms with van der Waals surface area (Å²) in [6.07, 6.45) is 0. The summed E-state index contributed by atoms with van der Waals surface area (Å²) in [6, 6.07) is 67.2. The molecule has 0 bridgehead atoms. The average molecular weight is 638 g/mol. The Bertz CT molecular complexity index is 2790. The maximum Gasteiger partial charge on any atom is 0.0715 e. The first-order valence-electron chi connectivity index (χ1n) is 17.1. The number of hydrogen-bond acceptors (Lipinski definition) is 1. The molecule has 0 radical (unpaired) electrons. The van der Waals surface area contributed by atoms with Crippen LogP contribution in [-0.4, -0.2) is 14.1 Å². The molecule has 0 aliphatic heterocycles. The predicted octanol–water partition coefficient (Wildman–Crippen LogP) is 12.3. The maximum atomic E-state index is 5.14. The van der Waals surface area contributed by atoms with Gasteiger partial charge in [0.05, 0.1) is 33.5 Å². The van der Waals surface area contributed by atoms with Crippen LogP contribution in [0.4, 0.5) is 0 Å². The van der Waals surface area contributed by atoms with Crippen molar-refractivity contribution in [1.29, 1.82) is 0 Å². The number of benzene rings is 7. The van der Waals surface area contributed by atoms with E-state index in [2.05, 4.69) is 197 Å². The molecule has 50 heavy (non-hydrogen) atoms. The Labute approximate surface area is 290 Å². The molecule has 10 aromatic rings. The van der Waals surface area contributed by atoms with E-state index in [0.717, 1.165) is 45.0 Å². The van der Waals surface area contributed by atoms with Crippen molar-refractivity contribution in [2.45, 2.75) is 0 Å². The van der Waals surface area contributed by atoms with E-state index in [1.54, 1.807) is 0 Å². The zero-order valence-electron chi connectivity index (χ0n) is 27.2. The number of nitrogens with zero attached hydrogens (tertiary/aromatic N) is 3. The highest BCUT2D eigenvalue weighted by atomic mass is 15.0. The van der Waals surface area contributed by atoms with Crippen LogP contribution < -0.4 is 0 Å². The summed E-state index contributed by atoms with van der Waals surface area (Å²) in [5.41, 5.74) is 13.5. The number of para-hydroxylation sites is 3. The molecule has 3 heteroatoms. The van der Waals surface area contributed by atoms with Crippen LogP contribution in [0.5, 0.6) is 0 Å². The van der Waals surface area contributed by atoms with Gasteiger partial charge in [-0.15, -0.1) is 0 Å². The van der Waals surface area contributed by atoms with Gasteiger partial charge < -0.3 is 9.13 Å². The van der Waals surface area contributed by atoms with Gasteiger partial charge in [0.25, 0.3) is 0 Å². The molecule has 0 saturated heterocycles. The first-order valence-corrected chi connectivity index (χ1v) is 17.1. The van der Waals surface area contributed by atoms with Crippen molar-refractivity contribution in [3.05, 3.63) is 188 Å². The van der Waals surface area contributed by atoms with Crippen LogP contribution in [0, 0.1) is 0 Å². The number of rotatable bonds is 5. The van der Waals surface area contributed by atoms with E-state index in [9.17, 15) is 0 Å². The van der Waals surface area contributed by atoms with E-state index in [1.165, 1.54) is 43.6 Å². The third kappa shape index (κ3) is 4.48. The van der Waals surface area contributed by atoms with Gasteiger partial charge >= 0.3 is 0 Å². The lowest BCUT2D eigenvalue weighted by Gasteiger charge is -2.13. The van der Waals surface area contributed by atoms with Gasteiger partial charge in [-0.05, 0) is 65.7 Å². The van der Waals surface area contributed by atoms with Gasteiger partial charge in [-0.3, -0.25) is 0 Å². The monoisotopic (exact) mass is 637 g/mol. The van der Waals surface area contributed by atoms with E-state index in [4.69, 9.17) is 4.98 Å². The molecule has 0 N–H and O–H groups in total. The van der Waals surface area contributed by atoms with Crippen LogP contribution in [0.1, 0.15) is 0 Å². The van der Waals surface area contributed by atoms with Gasteiger partial charge in [-0.1, -0.05) is 133 Å². The second kappa shape index (κ2) is 11.5. The molecule has 7 aromatic carbocycles. The van der Waals surface area contributed by atoms with Gasteiger partial charge in [0.15, 0.2) is 0 Å². The SMILES string of the molecule is c1ccc(-c2cc(-c3cccc(-n4c5ccccc5c5ccc6c(c7ccccc7n6-c6ccccc6)c54)c3)cc(-c3ccccc3)n2)cc1. The van der Waals surface area contributed by atoms with Gasteiger partial charge in [0, 0.05) is 44.0 Å². The topological polar surface area (TPSA) is 22.8 Å². The first kappa shape index (κ1) is 28.3. The van der Waals surface area contributed by atoms with Crippen molar-refractivity contribution in [3.8, 4) is 45.0 Å². The van der Waals surface area contributed by atoms with Crippen molar-refractivity contribution in [1.82, 2.24) is 14.1 Å². The quantitative estimate of drug-likeness (QED) is 0.184. The predicted molar refractivity (Wildman–Crippen MR) is 209 cm³/mol. The summed E-state index contributed by atoms with van der Waals surface area (Å²) in [4.78, 5) is 5.14. The molecule has 0 aliphatic rings. The molecule has 234 valence electrons. The highest BCUT2D eigenvalue weighted by molar-refractivity contribution is 6.26. The second-order valence-electron chi connectivity index (χ2n) is 12.8. The molecule has 0 saturated carbocycles. The standard InChI is InChI=1S/C47H31N3/c1-4-15-32(16-5-1)41-30-35(31-42(48-41)33-17-6-2-7-18-33)34-19-14-22-37(29-34)50-43-25-12-10-23-38(43)39-27-28-45-46(47(39)50)40-24-11-13-26-44(40)49(45)36-20-8-3-9-21-36/h1-31H. The number of pyridine rings is 1. The third-order valence-corrected chi connectivity index (χ3v) is 9.89. The molecule has 0 spiro atoms. The minimum Gasteiger partial charge on any atom is -0.309 e. The van der Waals surface area contributed by atoms with Gasteiger partial charge in [0.2, 0.25) is 0 Å². The molecule has 10 rings (SSSR count). The summed E-state index contributed by atoms with van der Waals surface area (Å²) in [7, 11) is 0. The Morgan fingerprint density at radius 2 is 0.860 bits per heavy atom. The molecule has 0 aliphatic carbocycles. The Balaban J connectivity index is 1.25. The molecule has 3 nitrogen and oxygen atoms in total. The van der Waals surface area contributed by atoms with Crippen molar-refractivity contribution >= 4 is 43.6 Å². The zero-order valence-corrected chi connectivity index (χ0v) is 27.2. The second-order valence-corrected chi connectivity index (χ2v) is 12.8. The zero-order chi connectivity index (χ0) is 33.0. The molecule has 0 fully saturated rings. The fourth-order valence-electron chi connectivity index (χ4n) is 7.67. The Morgan fingerprint density at radius 3 is 1.54 bits per heavy atom. The van der Waals surface area contributed by atoms with E-state index in [1.807, 2.05) is 0 Å². The van der Waals surface area contributed by atoms with Crippen molar-refractivity contribution in [2.24, 2.45) is 0 Å². The summed E-state index contributed by atoms with van der Waals surface area (Å²) < 4.78 is 4.87. The van der Waals surface area contributed by atoms with Crippen LogP contribution in [0.2, 0.25) is 0 Å². The maximum absolute atomic E-state index is 5.14. The van der Waals surface area contributed by atoms with E-state index in [-0.39, 0.29) is 0 Å². The number of aromatic nitrogens is 3. The van der Waals surface area contributed by atoms with Gasteiger partial charge in [0.1, 0.15) is 0 Å². The normalized spacial score (nSPS) is 11.6. The van der Waals surface area contributed by atoms with Crippen LogP contribution in [0.25, 0.3) is 88.6 Å². The Kier molecular flexibility index (Phi) is 6.49. The van der Waals surface area contributed by atoms with Crippen LogP contribution >= 0.6 is 0 Å². The van der Waals surface area contributed by atoms with Gasteiger partial charge in [-0.2, -0.15) is 0 Å². The summed E-state index contributed by atoms with van der Waals surface area (Å²) >= 11 is 0. The number of fused-ring (bicyclic) bond motifs is 7. The molecule has 0 amide bonds. The molecule has 3 heterocycles. The van der Waals surface area contributed by atoms with Crippen LogP contribution in [0.15, 0.2) is 188 Å². The van der Waals surface area contributed by atoms with Crippen LogP contribution in [-0.2, 0) is 0 Å². The van der Waals surface area contributed by atoms with Gasteiger partial charge in [-0.25, -0.2) is 4.98 Å². The highest BCUT2D eigenvalue weighted by Crippen LogP contribution is 2.42. The van der Waals surface area contributed by atoms with E-state index >= 15 is 0 Å². The summed E-state index contributed by atoms with van der Waals surface area (Å²) in [5.74, 6) is 0. The minimum atomic E-state index is 0.958. The largest absolute Gasteiger partial charge is 0.309 e. The lowest BCUT2D eigenvalue weighted by Crippen LogP contribution is -1.96. The molecular formula is C47H31N3. The summed E-state index contributed by atoms with van der Waals surface area (Å²) in [5, 5.41) is 4.99. The molecular weight excluding hydrogens is 607 g/mol.